The molecule has 16 nitrogen and oxygen atoms in total. The van der Waals surface area contributed by atoms with Gasteiger partial charge in [-0.2, -0.15) is 0 Å². The summed E-state index contributed by atoms with van der Waals surface area (Å²) in [4.78, 5) is 85.0. The van der Waals surface area contributed by atoms with E-state index in [1.165, 1.54) is 11.7 Å². The van der Waals surface area contributed by atoms with Gasteiger partial charge >= 0.3 is 12.1 Å². The van der Waals surface area contributed by atoms with E-state index in [2.05, 4.69) is 26.1 Å². The Bertz CT molecular complexity index is 1630. The summed E-state index contributed by atoms with van der Waals surface area (Å²) in [5, 5.41) is 21.9. The lowest BCUT2D eigenvalue weighted by Crippen LogP contribution is -2.60. The molecule has 2 aromatic rings. The number of fused-ring (bicyclic) bond motifs is 1. The fraction of sp³-hybridized carbons (Fsp3) is 0.675. The number of benzene rings is 1. The average Bonchev–Trinajstić information content (AvgIpc) is 3.50. The molecule has 312 valence electrons. The lowest BCUT2D eigenvalue weighted by molar-refractivity contribution is -0.757. The Labute approximate surface area is 330 Å². The second-order valence-electron chi connectivity index (χ2n) is 16.0. The molecule has 16 heteroatoms. The highest BCUT2D eigenvalue weighted by Crippen LogP contribution is 2.26. The van der Waals surface area contributed by atoms with Gasteiger partial charge in [-0.3, -0.25) is 19.0 Å². The quantitative estimate of drug-likeness (QED) is 0.0747. The number of likely N-dealkylation sites (tertiary alicyclic amines) is 1. The van der Waals surface area contributed by atoms with Crippen LogP contribution in [0.5, 0.6) is 0 Å². The van der Waals surface area contributed by atoms with Crippen LogP contribution in [0.15, 0.2) is 30.5 Å². The summed E-state index contributed by atoms with van der Waals surface area (Å²) in [5.74, 6) is -1.49. The number of nitrogens with zero attached hydrogens (tertiary/aromatic N) is 3. The highest BCUT2D eigenvalue weighted by atomic mass is 16.9. The fourth-order valence-corrected chi connectivity index (χ4v) is 7.23. The van der Waals surface area contributed by atoms with Gasteiger partial charge in [-0.25, -0.2) is 9.59 Å². The first-order valence-corrected chi connectivity index (χ1v) is 20.0. The number of hydrogen-bond donors (Lipinski definition) is 4. The number of ether oxygens (including phenoxy) is 1. The normalized spacial score (nSPS) is 17.3. The van der Waals surface area contributed by atoms with Crippen LogP contribution >= 0.6 is 0 Å². The van der Waals surface area contributed by atoms with Gasteiger partial charge in [-0.1, -0.05) is 71.6 Å². The third kappa shape index (κ3) is 14.0. The van der Waals surface area contributed by atoms with E-state index in [1.54, 1.807) is 23.2 Å². The molecule has 0 spiro atoms. The van der Waals surface area contributed by atoms with Crippen LogP contribution in [0.4, 0.5) is 9.59 Å². The van der Waals surface area contributed by atoms with Gasteiger partial charge in [0, 0.05) is 36.6 Å². The lowest BCUT2D eigenvalue weighted by atomic mass is 9.87. The fourth-order valence-electron chi connectivity index (χ4n) is 7.23. The largest absolute Gasteiger partial charge is 0.452 e. The summed E-state index contributed by atoms with van der Waals surface area (Å²) in [6.45, 7) is 12.3. The molecule has 0 radical (unpaired) electrons. The Balaban J connectivity index is 1.88. The molecule has 4 N–H and O–H groups in total. The SMILES string of the molecule is CCCC[C@@H](NC(=O)C(Cc1cn(C(=O)OC)c2ccccc12)NC(=O)C(CC(C)(C)C)NC(=O)N1C(C)CCCC1C)C(=O)NCCCCCCO[N+](=O)[O-]. The van der Waals surface area contributed by atoms with Crippen LogP contribution < -0.4 is 21.3 Å². The number of amides is 5. The molecule has 1 fully saturated rings. The molecule has 5 amide bonds. The summed E-state index contributed by atoms with van der Waals surface area (Å²) in [6, 6.07) is 3.78. The highest BCUT2D eigenvalue weighted by molar-refractivity contribution is 5.96. The Morgan fingerprint density at radius 2 is 1.54 bits per heavy atom. The molecule has 1 aliphatic rings. The van der Waals surface area contributed by atoms with Gasteiger partial charge in [0.1, 0.15) is 18.1 Å². The molecule has 0 aliphatic carbocycles. The Hall–Kier alpha value is -4.89. The van der Waals surface area contributed by atoms with Crippen LogP contribution in [0.25, 0.3) is 10.9 Å². The minimum atomic E-state index is -1.19. The van der Waals surface area contributed by atoms with Crippen molar-refractivity contribution < 1.29 is 38.6 Å². The molecule has 1 aromatic heterocycles. The van der Waals surface area contributed by atoms with Crippen molar-refractivity contribution in [3.8, 4) is 0 Å². The zero-order valence-electron chi connectivity index (χ0n) is 34.2. The molecule has 5 atom stereocenters. The number of nitrogens with one attached hydrogen (secondary N) is 4. The molecule has 3 rings (SSSR count). The first-order chi connectivity index (χ1) is 26.6. The van der Waals surface area contributed by atoms with E-state index in [9.17, 15) is 34.1 Å². The highest BCUT2D eigenvalue weighted by Gasteiger charge is 2.35. The second kappa shape index (κ2) is 22.0. The number of rotatable bonds is 20. The number of hydrogen-bond acceptors (Lipinski definition) is 9. The van der Waals surface area contributed by atoms with Crippen molar-refractivity contribution in [3.63, 3.8) is 0 Å². The van der Waals surface area contributed by atoms with Crippen molar-refractivity contribution in [3.05, 3.63) is 46.1 Å². The number of urea groups is 1. The number of carbonyl (C=O) groups excluding carboxylic acids is 5. The molecule has 0 saturated carbocycles. The Kier molecular flexibility index (Phi) is 17.9. The van der Waals surface area contributed by atoms with Gasteiger partial charge in [-0.15, -0.1) is 10.1 Å². The molecule has 4 unspecified atom stereocenters. The van der Waals surface area contributed by atoms with Gasteiger partial charge in [0.15, 0.2) is 0 Å². The van der Waals surface area contributed by atoms with Crippen molar-refractivity contribution in [2.24, 2.45) is 5.41 Å². The maximum atomic E-state index is 14.3. The number of piperidine rings is 1. The third-order valence-electron chi connectivity index (χ3n) is 10.1. The zero-order chi connectivity index (χ0) is 41.4. The van der Waals surface area contributed by atoms with Crippen molar-refractivity contribution in [2.75, 3.05) is 20.3 Å². The van der Waals surface area contributed by atoms with Gasteiger partial charge in [-0.05, 0) is 75.8 Å². The smallest absolute Gasteiger partial charge is 0.418 e. The molecule has 2 heterocycles. The predicted molar refractivity (Wildman–Crippen MR) is 212 cm³/mol. The maximum Gasteiger partial charge on any atom is 0.418 e. The maximum absolute atomic E-state index is 14.3. The number of aromatic nitrogens is 1. The van der Waals surface area contributed by atoms with Gasteiger partial charge in [0.25, 0.3) is 5.09 Å². The molecule has 56 heavy (non-hydrogen) atoms. The van der Waals surface area contributed by atoms with Crippen LogP contribution in [0.3, 0.4) is 0 Å². The lowest BCUT2D eigenvalue weighted by Gasteiger charge is -2.40. The topological polar surface area (TPSA) is 203 Å². The van der Waals surface area contributed by atoms with Crippen molar-refractivity contribution in [2.45, 2.75) is 149 Å². The predicted octanol–water partition coefficient (Wildman–Crippen LogP) is 5.62. The summed E-state index contributed by atoms with van der Waals surface area (Å²) in [6.07, 6.45) is 8.36. The molecule has 1 saturated heterocycles. The molecular formula is C40H63N7O9. The summed E-state index contributed by atoms with van der Waals surface area (Å²) in [7, 11) is 1.28. The standard InChI is InChI=1S/C40H63N7O9/c1-8-9-20-31(35(48)41-22-14-10-11-15-23-56-47(53)54)42-36(49)32(24-29-26-45(39(52)55-7)34-21-13-12-19-30(29)34)43-37(50)33(25-40(4,5)6)44-38(51)46-27(2)17-16-18-28(46)3/h12-13,19,21,26-28,31-33H,8-11,14-18,20,22-25H2,1-7H3,(H,41,48)(H,42,49)(H,43,50)(H,44,51)/t27?,28?,31-,32?,33?/m1/s1. The number of unbranched alkanes of at least 4 members (excludes halogenated alkanes) is 4. The number of methoxy groups -OCH3 is 1. The van der Waals surface area contributed by atoms with E-state index in [0.29, 0.717) is 61.5 Å². The van der Waals surface area contributed by atoms with Crippen LogP contribution in [0.1, 0.15) is 118 Å². The van der Waals surface area contributed by atoms with Crippen molar-refractivity contribution in [1.29, 1.82) is 0 Å². The van der Waals surface area contributed by atoms with Gasteiger partial charge < -0.3 is 35.7 Å². The van der Waals surface area contributed by atoms with E-state index in [0.717, 1.165) is 32.1 Å². The average molecular weight is 786 g/mol. The van der Waals surface area contributed by atoms with Crippen LogP contribution in [-0.2, 0) is 30.4 Å². The van der Waals surface area contributed by atoms with E-state index in [4.69, 9.17) is 4.74 Å². The molecule has 1 aliphatic heterocycles. The molecule has 0 bridgehead atoms. The van der Waals surface area contributed by atoms with Crippen LogP contribution in [-0.4, -0.2) is 94.9 Å². The molecular weight excluding hydrogens is 722 g/mol. The van der Waals surface area contributed by atoms with Crippen molar-refractivity contribution in [1.82, 2.24) is 30.7 Å². The summed E-state index contributed by atoms with van der Waals surface area (Å²) in [5.41, 5.74) is 0.789. The number of carbonyl (C=O) groups is 5. The minimum Gasteiger partial charge on any atom is -0.452 e. The first-order valence-electron chi connectivity index (χ1n) is 20.0. The monoisotopic (exact) mass is 785 g/mol. The third-order valence-corrected chi connectivity index (χ3v) is 10.1. The van der Waals surface area contributed by atoms with E-state index < -0.39 is 41.1 Å². The van der Waals surface area contributed by atoms with E-state index in [-0.39, 0.29) is 42.5 Å². The van der Waals surface area contributed by atoms with Gasteiger partial charge in [0.2, 0.25) is 17.7 Å². The zero-order valence-corrected chi connectivity index (χ0v) is 34.2. The Morgan fingerprint density at radius 3 is 2.18 bits per heavy atom. The number of para-hydroxylation sites is 1. The van der Waals surface area contributed by atoms with Gasteiger partial charge in [0.05, 0.1) is 19.2 Å². The van der Waals surface area contributed by atoms with E-state index in [1.807, 2.05) is 53.7 Å². The van der Waals surface area contributed by atoms with E-state index >= 15 is 0 Å². The summed E-state index contributed by atoms with van der Waals surface area (Å²) < 4.78 is 6.35. The van der Waals surface area contributed by atoms with Crippen LogP contribution in [0.2, 0.25) is 0 Å². The van der Waals surface area contributed by atoms with Crippen molar-refractivity contribution >= 4 is 40.7 Å². The van der Waals surface area contributed by atoms with Crippen LogP contribution in [0, 0.1) is 15.5 Å². The summed E-state index contributed by atoms with van der Waals surface area (Å²) >= 11 is 0. The Morgan fingerprint density at radius 1 is 0.893 bits per heavy atom. The second-order valence-corrected chi connectivity index (χ2v) is 16.0. The first kappa shape index (κ1) is 45.5. The minimum absolute atomic E-state index is 0.00400. The molecule has 1 aromatic carbocycles.